The van der Waals surface area contributed by atoms with Gasteiger partial charge in [0.1, 0.15) is 0 Å². The van der Waals surface area contributed by atoms with Gasteiger partial charge in [-0.3, -0.25) is 0 Å². The third kappa shape index (κ3) is 4.72. The number of hydrogen-bond acceptors (Lipinski definition) is 4. The van der Waals surface area contributed by atoms with Crippen molar-refractivity contribution in [3.05, 3.63) is 0 Å². The van der Waals surface area contributed by atoms with Crippen molar-refractivity contribution in [1.82, 2.24) is 10.0 Å². The Morgan fingerprint density at radius 2 is 2.00 bits per heavy atom. The molecule has 0 aliphatic heterocycles. The van der Waals surface area contributed by atoms with E-state index in [9.17, 15) is 8.42 Å². The first-order valence-electron chi connectivity index (χ1n) is 6.76. The molecule has 1 fully saturated rings. The van der Waals surface area contributed by atoms with Crippen molar-refractivity contribution < 1.29 is 8.42 Å². The Balaban J connectivity index is 2.57. The van der Waals surface area contributed by atoms with Crippen LogP contribution in [0.5, 0.6) is 0 Å². The van der Waals surface area contributed by atoms with E-state index >= 15 is 0 Å². The van der Waals surface area contributed by atoms with Gasteiger partial charge in [0.15, 0.2) is 0 Å². The monoisotopic (exact) mass is 294 g/mol. The fourth-order valence-corrected chi connectivity index (χ4v) is 4.59. The molecule has 1 aliphatic rings. The van der Waals surface area contributed by atoms with Crippen LogP contribution in [0.3, 0.4) is 0 Å². The van der Waals surface area contributed by atoms with Crippen molar-refractivity contribution in [2.24, 2.45) is 0 Å². The number of rotatable bonds is 7. The van der Waals surface area contributed by atoms with E-state index in [1.54, 1.807) is 18.7 Å². The van der Waals surface area contributed by atoms with E-state index in [0.29, 0.717) is 11.8 Å². The van der Waals surface area contributed by atoms with Crippen molar-refractivity contribution in [1.29, 1.82) is 0 Å². The lowest BCUT2D eigenvalue weighted by Gasteiger charge is -2.31. The zero-order valence-corrected chi connectivity index (χ0v) is 13.2. The third-order valence-electron chi connectivity index (χ3n) is 3.53. The molecule has 0 amide bonds. The van der Waals surface area contributed by atoms with Gasteiger partial charge >= 0.3 is 0 Å². The van der Waals surface area contributed by atoms with Crippen molar-refractivity contribution in [3.63, 3.8) is 0 Å². The average molecular weight is 294 g/mol. The van der Waals surface area contributed by atoms with Gasteiger partial charge in [0.05, 0.1) is 5.25 Å². The number of sulfonamides is 1. The van der Waals surface area contributed by atoms with E-state index in [4.69, 9.17) is 0 Å². The second-order valence-electron chi connectivity index (χ2n) is 4.95. The second-order valence-corrected chi connectivity index (χ2v) is 8.15. The highest BCUT2D eigenvalue weighted by Crippen LogP contribution is 2.27. The minimum Gasteiger partial charge on any atom is -0.316 e. The Bertz CT molecular complexity index is 333. The molecule has 0 spiro atoms. The summed E-state index contributed by atoms with van der Waals surface area (Å²) in [6.07, 6.45) is 6.51. The number of hydrogen-bond donors (Lipinski definition) is 2. The van der Waals surface area contributed by atoms with Gasteiger partial charge in [-0.15, -0.1) is 0 Å². The zero-order valence-electron chi connectivity index (χ0n) is 11.6. The van der Waals surface area contributed by atoms with Crippen LogP contribution in [0, 0.1) is 0 Å². The first-order chi connectivity index (χ1) is 8.51. The van der Waals surface area contributed by atoms with Crippen LogP contribution >= 0.6 is 11.8 Å². The van der Waals surface area contributed by atoms with Gasteiger partial charge in [-0.05, 0) is 32.6 Å². The van der Waals surface area contributed by atoms with Crippen molar-refractivity contribution in [2.75, 3.05) is 19.3 Å². The summed E-state index contributed by atoms with van der Waals surface area (Å²) in [5.74, 6) is 0. The molecule has 0 saturated heterocycles. The van der Waals surface area contributed by atoms with Crippen LogP contribution in [0.2, 0.25) is 0 Å². The summed E-state index contributed by atoms with van der Waals surface area (Å²) >= 11 is 1.78. The predicted octanol–water partition coefficient (Wildman–Crippen LogP) is 1.58. The molecular formula is C12H26N2O2S2. The Kier molecular flexibility index (Phi) is 6.98. The van der Waals surface area contributed by atoms with Crippen LogP contribution in [0.4, 0.5) is 0 Å². The lowest BCUT2D eigenvalue weighted by Crippen LogP contribution is -2.48. The fourth-order valence-electron chi connectivity index (χ4n) is 2.30. The molecule has 3 atom stereocenters. The minimum absolute atomic E-state index is 0.114. The molecule has 18 heavy (non-hydrogen) atoms. The maximum absolute atomic E-state index is 12.2. The summed E-state index contributed by atoms with van der Waals surface area (Å²) < 4.78 is 27.3. The van der Waals surface area contributed by atoms with Crippen LogP contribution in [-0.2, 0) is 10.0 Å². The average Bonchev–Trinajstić information content (AvgIpc) is 2.36. The molecule has 3 unspecified atom stereocenters. The van der Waals surface area contributed by atoms with Gasteiger partial charge in [-0.2, -0.15) is 11.8 Å². The predicted molar refractivity (Wildman–Crippen MR) is 79.6 cm³/mol. The SMILES string of the molecule is CCNCC(C)S(=O)(=O)NC1CCCCC1SC. The maximum atomic E-state index is 12.2. The molecule has 0 aromatic heterocycles. The lowest BCUT2D eigenvalue weighted by atomic mass is 9.96. The summed E-state index contributed by atoms with van der Waals surface area (Å²) in [6.45, 7) is 5.07. The highest BCUT2D eigenvalue weighted by Gasteiger charge is 2.30. The molecule has 1 aliphatic carbocycles. The Morgan fingerprint density at radius 1 is 1.33 bits per heavy atom. The number of nitrogens with one attached hydrogen (secondary N) is 2. The molecule has 0 aromatic rings. The minimum atomic E-state index is -3.20. The second kappa shape index (κ2) is 7.72. The van der Waals surface area contributed by atoms with Crippen LogP contribution in [0.15, 0.2) is 0 Å². The molecule has 1 rings (SSSR count). The summed E-state index contributed by atoms with van der Waals surface area (Å²) in [4.78, 5) is 0. The van der Waals surface area contributed by atoms with Crippen LogP contribution in [0.25, 0.3) is 0 Å². The third-order valence-corrected chi connectivity index (χ3v) is 6.56. The quantitative estimate of drug-likeness (QED) is 0.748. The Hall–Kier alpha value is 0.220. The van der Waals surface area contributed by atoms with Crippen LogP contribution in [0.1, 0.15) is 39.5 Å². The van der Waals surface area contributed by atoms with Crippen LogP contribution in [-0.4, -0.2) is 44.3 Å². The molecule has 0 aromatic carbocycles. The van der Waals surface area contributed by atoms with Crippen molar-refractivity contribution in [2.45, 2.75) is 56.1 Å². The highest BCUT2D eigenvalue weighted by molar-refractivity contribution is 7.99. The van der Waals surface area contributed by atoms with Gasteiger partial charge in [0, 0.05) is 17.8 Å². The van der Waals surface area contributed by atoms with Gasteiger partial charge in [-0.25, -0.2) is 13.1 Å². The Morgan fingerprint density at radius 3 is 2.61 bits per heavy atom. The number of thioether (sulfide) groups is 1. The molecule has 0 bridgehead atoms. The standard InChI is InChI=1S/C12H26N2O2S2/c1-4-13-9-10(2)18(15,16)14-11-7-5-6-8-12(11)17-3/h10-14H,4-9H2,1-3H3. The largest absolute Gasteiger partial charge is 0.316 e. The molecule has 1 saturated carbocycles. The summed E-state index contributed by atoms with van der Waals surface area (Å²) in [6, 6.07) is 0.114. The van der Waals surface area contributed by atoms with Crippen molar-refractivity contribution >= 4 is 21.8 Å². The highest BCUT2D eigenvalue weighted by atomic mass is 32.2. The van der Waals surface area contributed by atoms with Crippen LogP contribution < -0.4 is 10.0 Å². The topological polar surface area (TPSA) is 58.2 Å². The first-order valence-corrected chi connectivity index (χ1v) is 9.59. The van der Waals surface area contributed by atoms with Gasteiger partial charge in [0.2, 0.25) is 10.0 Å². The van der Waals surface area contributed by atoms with Gasteiger partial charge in [-0.1, -0.05) is 19.8 Å². The summed E-state index contributed by atoms with van der Waals surface area (Å²) in [5, 5.41) is 3.15. The summed E-state index contributed by atoms with van der Waals surface area (Å²) in [5.41, 5.74) is 0. The van der Waals surface area contributed by atoms with Crippen molar-refractivity contribution in [3.8, 4) is 0 Å². The lowest BCUT2D eigenvalue weighted by molar-refractivity contribution is 0.421. The van der Waals surface area contributed by atoms with Gasteiger partial charge in [0.25, 0.3) is 0 Å². The smallest absolute Gasteiger partial charge is 0.215 e. The van der Waals surface area contributed by atoms with E-state index in [2.05, 4.69) is 16.3 Å². The normalized spacial score (nSPS) is 27.1. The molecule has 4 nitrogen and oxygen atoms in total. The van der Waals surface area contributed by atoms with E-state index in [0.717, 1.165) is 25.8 Å². The summed E-state index contributed by atoms with van der Waals surface area (Å²) in [7, 11) is -3.20. The van der Waals surface area contributed by atoms with E-state index in [-0.39, 0.29) is 11.3 Å². The molecule has 6 heteroatoms. The molecule has 0 radical (unpaired) electrons. The maximum Gasteiger partial charge on any atom is 0.215 e. The fraction of sp³-hybridized carbons (Fsp3) is 1.00. The molecule has 108 valence electrons. The molecular weight excluding hydrogens is 268 g/mol. The zero-order chi connectivity index (χ0) is 13.6. The first kappa shape index (κ1) is 16.3. The molecule has 0 heterocycles. The van der Waals surface area contributed by atoms with E-state index in [1.165, 1.54) is 6.42 Å². The van der Waals surface area contributed by atoms with E-state index < -0.39 is 10.0 Å². The van der Waals surface area contributed by atoms with E-state index in [1.807, 2.05) is 6.92 Å². The van der Waals surface area contributed by atoms with Gasteiger partial charge < -0.3 is 5.32 Å². The Labute approximate surface area is 116 Å². The molecule has 2 N–H and O–H groups in total.